The second-order valence-electron chi connectivity index (χ2n) is 5.53. The predicted molar refractivity (Wildman–Crippen MR) is 83.5 cm³/mol. The molecule has 0 atom stereocenters. The van der Waals surface area contributed by atoms with Gasteiger partial charge in [-0.2, -0.15) is 0 Å². The molecule has 110 valence electrons. The molecule has 0 amide bonds. The summed E-state index contributed by atoms with van der Waals surface area (Å²) >= 11 is 0. The summed E-state index contributed by atoms with van der Waals surface area (Å²) in [6, 6.07) is 8.08. The average Bonchev–Trinajstić information content (AvgIpc) is 2.49. The Morgan fingerprint density at radius 1 is 1.33 bits per heavy atom. The summed E-state index contributed by atoms with van der Waals surface area (Å²) in [5.74, 6) is 0.216. The number of rotatable bonds is 3. The van der Waals surface area contributed by atoms with Gasteiger partial charge in [0.2, 0.25) is 0 Å². The molecule has 0 fully saturated rings. The Morgan fingerprint density at radius 3 is 3.00 bits per heavy atom. The highest BCUT2D eigenvalue weighted by Gasteiger charge is 2.22. The maximum absolute atomic E-state index is 14.7. The van der Waals surface area contributed by atoms with Gasteiger partial charge in [0.1, 0.15) is 0 Å². The van der Waals surface area contributed by atoms with Crippen LogP contribution in [0.1, 0.15) is 23.1 Å². The van der Waals surface area contributed by atoms with Crippen molar-refractivity contribution in [2.75, 3.05) is 18.5 Å². The lowest BCUT2D eigenvalue weighted by molar-refractivity contribution is 0.588. The summed E-state index contributed by atoms with van der Waals surface area (Å²) in [5.41, 5.74) is 4.26. The highest BCUT2D eigenvalue weighted by molar-refractivity contribution is 5.66. The first kappa shape index (κ1) is 14.0. The first-order valence-electron chi connectivity index (χ1n) is 7.35. The zero-order valence-corrected chi connectivity index (χ0v) is 12.5. The highest BCUT2D eigenvalue weighted by atomic mass is 19.1. The first-order chi connectivity index (χ1) is 10.2. The number of fused-ring (bicyclic) bond motifs is 1. The van der Waals surface area contributed by atoms with E-state index in [4.69, 9.17) is 0 Å². The molecule has 0 saturated heterocycles. The molecule has 3 rings (SSSR count). The molecular formula is C17H20FN3. The van der Waals surface area contributed by atoms with Gasteiger partial charge in [0.15, 0.2) is 11.6 Å². The summed E-state index contributed by atoms with van der Waals surface area (Å²) in [6.07, 6.45) is 3.76. The van der Waals surface area contributed by atoms with Gasteiger partial charge in [-0.3, -0.25) is 0 Å². The van der Waals surface area contributed by atoms with E-state index in [2.05, 4.69) is 35.4 Å². The maximum atomic E-state index is 14.7. The third kappa shape index (κ3) is 2.63. The van der Waals surface area contributed by atoms with Crippen LogP contribution in [0.5, 0.6) is 0 Å². The van der Waals surface area contributed by atoms with Crippen LogP contribution in [0.25, 0.3) is 0 Å². The molecule has 0 saturated carbocycles. The Labute approximate surface area is 124 Å². The maximum Gasteiger partial charge on any atom is 0.170 e. The van der Waals surface area contributed by atoms with Gasteiger partial charge < -0.3 is 10.2 Å². The van der Waals surface area contributed by atoms with E-state index in [1.165, 1.54) is 11.1 Å². The van der Waals surface area contributed by atoms with E-state index in [0.717, 1.165) is 25.1 Å². The fraction of sp³-hybridized carbons (Fsp3) is 0.353. The van der Waals surface area contributed by atoms with Crippen LogP contribution >= 0.6 is 0 Å². The Balaban J connectivity index is 2.05. The van der Waals surface area contributed by atoms with E-state index in [0.29, 0.717) is 17.9 Å². The lowest BCUT2D eigenvalue weighted by atomic mass is 9.99. The Hall–Kier alpha value is -1.94. The minimum Gasteiger partial charge on any atom is -0.324 e. The van der Waals surface area contributed by atoms with Gasteiger partial charge in [0.05, 0.1) is 0 Å². The van der Waals surface area contributed by atoms with Crippen molar-refractivity contribution in [1.82, 2.24) is 10.3 Å². The number of aryl methyl sites for hydroxylation is 2. The van der Waals surface area contributed by atoms with Crippen LogP contribution < -0.4 is 10.2 Å². The number of benzene rings is 1. The molecule has 2 aromatic rings. The van der Waals surface area contributed by atoms with Gasteiger partial charge in [-0.1, -0.05) is 17.7 Å². The number of nitrogens with one attached hydrogen (secondary N) is 1. The Morgan fingerprint density at radius 2 is 2.19 bits per heavy atom. The number of pyridine rings is 1. The van der Waals surface area contributed by atoms with Gasteiger partial charge in [0.25, 0.3) is 0 Å². The number of nitrogens with zero attached hydrogens (tertiary/aromatic N) is 2. The Kier molecular flexibility index (Phi) is 3.88. The monoisotopic (exact) mass is 285 g/mol. The SMILES string of the molecule is CNCc1ccnc(N2CCCc3cc(C)ccc32)c1F. The Bertz CT molecular complexity index is 654. The normalized spacial score (nSPS) is 14.1. The van der Waals surface area contributed by atoms with Crippen LogP contribution in [0.2, 0.25) is 0 Å². The second-order valence-corrected chi connectivity index (χ2v) is 5.53. The summed E-state index contributed by atoms with van der Waals surface area (Å²) in [4.78, 5) is 6.30. The topological polar surface area (TPSA) is 28.2 Å². The molecule has 0 unspecified atom stereocenters. The average molecular weight is 285 g/mol. The highest BCUT2D eigenvalue weighted by Crippen LogP contribution is 2.34. The van der Waals surface area contributed by atoms with Crippen molar-refractivity contribution in [3.8, 4) is 0 Å². The standard InChI is InChI=1S/C17H20FN3/c1-12-5-6-15-13(10-12)4-3-9-21(15)17-16(18)14(11-19-2)7-8-20-17/h5-8,10,19H,3-4,9,11H2,1-2H3. The van der Waals surface area contributed by atoms with Crippen molar-refractivity contribution in [3.05, 3.63) is 53.0 Å². The quantitative estimate of drug-likeness (QED) is 0.937. The van der Waals surface area contributed by atoms with E-state index in [-0.39, 0.29) is 5.82 Å². The van der Waals surface area contributed by atoms with Gasteiger partial charge >= 0.3 is 0 Å². The third-order valence-electron chi connectivity index (χ3n) is 3.93. The number of halogens is 1. The van der Waals surface area contributed by atoms with Crippen molar-refractivity contribution in [3.63, 3.8) is 0 Å². The molecule has 0 bridgehead atoms. The molecule has 1 aliphatic rings. The van der Waals surface area contributed by atoms with Crippen LogP contribution in [-0.4, -0.2) is 18.6 Å². The van der Waals surface area contributed by atoms with E-state index in [9.17, 15) is 4.39 Å². The van der Waals surface area contributed by atoms with Crippen LogP contribution in [0, 0.1) is 12.7 Å². The lowest BCUT2D eigenvalue weighted by Crippen LogP contribution is -2.27. The molecule has 3 nitrogen and oxygen atoms in total. The molecule has 1 aromatic carbocycles. The molecule has 0 aliphatic carbocycles. The zero-order chi connectivity index (χ0) is 14.8. The predicted octanol–water partition coefficient (Wildman–Crippen LogP) is 3.33. The number of hydrogen-bond donors (Lipinski definition) is 1. The van der Waals surface area contributed by atoms with Gasteiger partial charge in [-0.25, -0.2) is 9.37 Å². The van der Waals surface area contributed by atoms with Crippen LogP contribution in [0.4, 0.5) is 15.9 Å². The van der Waals surface area contributed by atoms with Crippen molar-refractivity contribution in [1.29, 1.82) is 0 Å². The summed E-state index contributed by atoms with van der Waals surface area (Å²) in [5, 5.41) is 3.00. The fourth-order valence-corrected chi connectivity index (χ4v) is 2.93. The lowest BCUT2D eigenvalue weighted by Gasteiger charge is -2.31. The van der Waals surface area contributed by atoms with Crippen molar-refractivity contribution < 1.29 is 4.39 Å². The van der Waals surface area contributed by atoms with E-state index in [1.807, 2.05) is 11.9 Å². The molecule has 1 aliphatic heterocycles. The molecule has 1 N–H and O–H groups in total. The van der Waals surface area contributed by atoms with E-state index >= 15 is 0 Å². The van der Waals surface area contributed by atoms with Crippen LogP contribution in [0.15, 0.2) is 30.5 Å². The first-order valence-corrected chi connectivity index (χ1v) is 7.35. The zero-order valence-electron chi connectivity index (χ0n) is 12.5. The molecule has 4 heteroatoms. The minimum atomic E-state index is -0.222. The van der Waals surface area contributed by atoms with E-state index < -0.39 is 0 Å². The molecule has 0 spiro atoms. The van der Waals surface area contributed by atoms with E-state index in [1.54, 1.807) is 12.3 Å². The third-order valence-corrected chi connectivity index (χ3v) is 3.93. The molecule has 0 radical (unpaired) electrons. The second kappa shape index (κ2) is 5.82. The van der Waals surface area contributed by atoms with Crippen molar-refractivity contribution >= 4 is 11.5 Å². The minimum absolute atomic E-state index is 0.222. The summed E-state index contributed by atoms with van der Waals surface area (Å²) in [7, 11) is 1.82. The van der Waals surface area contributed by atoms with Gasteiger partial charge in [-0.15, -0.1) is 0 Å². The molecular weight excluding hydrogens is 265 g/mol. The smallest absolute Gasteiger partial charge is 0.170 e. The molecule has 21 heavy (non-hydrogen) atoms. The van der Waals surface area contributed by atoms with Crippen molar-refractivity contribution in [2.24, 2.45) is 0 Å². The molecule has 1 aromatic heterocycles. The van der Waals surface area contributed by atoms with Crippen LogP contribution in [-0.2, 0) is 13.0 Å². The van der Waals surface area contributed by atoms with Crippen molar-refractivity contribution in [2.45, 2.75) is 26.3 Å². The summed E-state index contributed by atoms with van der Waals surface area (Å²) < 4.78 is 14.7. The largest absolute Gasteiger partial charge is 0.324 e. The molecule has 2 heterocycles. The fourth-order valence-electron chi connectivity index (χ4n) is 2.93. The van der Waals surface area contributed by atoms with Gasteiger partial charge in [-0.05, 0) is 44.5 Å². The number of hydrogen-bond acceptors (Lipinski definition) is 3. The van der Waals surface area contributed by atoms with Crippen LogP contribution in [0.3, 0.4) is 0 Å². The number of anilines is 2. The summed E-state index contributed by atoms with van der Waals surface area (Å²) in [6.45, 7) is 3.41. The van der Waals surface area contributed by atoms with Gasteiger partial charge in [0, 0.05) is 30.5 Å². The number of aromatic nitrogens is 1.